The van der Waals surface area contributed by atoms with Crippen molar-refractivity contribution >= 4 is 5.91 Å². The Kier molecular flexibility index (Phi) is 8.67. The zero-order valence-electron chi connectivity index (χ0n) is 18.7. The summed E-state index contributed by atoms with van der Waals surface area (Å²) in [6.07, 6.45) is 3.73. The molecule has 168 valence electrons. The first-order valence-electron chi connectivity index (χ1n) is 10.9. The van der Waals surface area contributed by atoms with E-state index in [4.69, 9.17) is 14.2 Å². The van der Waals surface area contributed by atoms with E-state index in [2.05, 4.69) is 22.2 Å². The summed E-state index contributed by atoms with van der Waals surface area (Å²) in [6.45, 7) is 7.47. The molecule has 2 aromatic rings. The molecular formula is C24H33N3O4. The van der Waals surface area contributed by atoms with E-state index in [0.717, 1.165) is 43.9 Å². The highest BCUT2D eigenvalue weighted by Crippen LogP contribution is 2.16. The zero-order chi connectivity index (χ0) is 22.1. The molecule has 1 aromatic heterocycles. The summed E-state index contributed by atoms with van der Waals surface area (Å²) < 4.78 is 16.9. The molecule has 1 aliphatic heterocycles. The molecule has 1 saturated heterocycles. The second-order valence-corrected chi connectivity index (χ2v) is 8.05. The predicted molar refractivity (Wildman–Crippen MR) is 120 cm³/mol. The van der Waals surface area contributed by atoms with Crippen LogP contribution in [0.2, 0.25) is 0 Å². The molecule has 0 spiro atoms. The fourth-order valence-corrected chi connectivity index (χ4v) is 3.47. The average Bonchev–Trinajstić information content (AvgIpc) is 2.78. The van der Waals surface area contributed by atoms with Crippen LogP contribution < -0.4 is 14.8 Å². The highest BCUT2D eigenvalue weighted by atomic mass is 16.5. The van der Waals surface area contributed by atoms with Crippen LogP contribution in [0.25, 0.3) is 0 Å². The summed E-state index contributed by atoms with van der Waals surface area (Å²) >= 11 is 0. The van der Waals surface area contributed by atoms with Gasteiger partial charge >= 0.3 is 0 Å². The van der Waals surface area contributed by atoms with E-state index in [1.165, 1.54) is 6.20 Å². The number of benzene rings is 1. The summed E-state index contributed by atoms with van der Waals surface area (Å²) in [4.78, 5) is 18.9. The number of hydrogen-bond acceptors (Lipinski definition) is 6. The first kappa shape index (κ1) is 23.0. The standard InChI is InChI=1S/C24H33N3O4/c1-18(2)31-23-8-7-20(17-25-23)24(28)26-16-19-5-4-6-22(15-19)30-14-11-27(3)21-9-12-29-13-10-21/h4-8,15,17-18,21H,9-14,16H2,1-3H3,(H,26,28). The number of carbonyl (C=O) groups is 1. The summed E-state index contributed by atoms with van der Waals surface area (Å²) in [7, 11) is 2.14. The van der Waals surface area contributed by atoms with Gasteiger partial charge in [0.1, 0.15) is 12.4 Å². The zero-order valence-corrected chi connectivity index (χ0v) is 18.7. The van der Waals surface area contributed by atoms with Crippen molar-refractivity contribution in [3.8, 4) is 11.6 Å². The maximum Gasteiger partial charge on any atom is 0.253 e. The quantitative estimate of drug-likeness (QED) is 0.627. The van der Waals surface area contributed by atoms with Crippen molar-refractivity contribution < 1.29 is 19.0 Å². The van der Waals surface area contributed by atoms with Crippen molar-refractivity contribution in [2.45, 2.75) is 45.4 Å². The Labute approximate surface area is 184 Å². The SMILES string of the molecule is CC(C)Oc1ccc(C(=O)NCc2cccc(OCCN(C)C3CCOCC3)c2)cn1. The molecule has 1 aromatic carbocycles. The van der Waals surface area contributed by atoms with Crippen molar-refractivity contribution in [2.24, 2.45) is 0 Å². The largest absolute Gasteiger partial charge is 0.492 e. The third-order valence-electron chi connectivity index (χ3n) is 5.23. The molecule has 0 radical (unpaired) electrons. The summed E-state index contributed by atoms with van der Waals surface area (Å²) in [5, 5.41) is 2.92. The molecule has 0 atom stereocenters. The van der Waals surface area contributed by atoms with Crippen LogP contribution in [0, 0.1) is 0 Å². The van der Waals surface area contributed by atoms with Gasteiger partial charge in [0.2, 0.25) is 5.88 Å². The molecule has 1 aliphatic rings. The molecule has 1 amide bonds. The highest BCUT2D eigenvalue weighted by Gasteiger charge is 2.18. The van der Waals surface area contributed by atoms with Gasteiger partial charge in [-0.1, -0.05) is 12.1 Å². The predicted octanol–water partition coefficient (Wildman–Crippen LogP) is 3.29. The Morgan fingerprint density at radius 2 is 2.06 bits per heavy atom. The van der Waals surface area contributed by atoms with Gasteiger partial charge in [0.05, 0.1) is 11.7 Å². The maximum atomic E-state index is 12.4. The van der Waals surface area contributed by atoms with Crippen molar-refractivity contribution in [3.05, 3.63) is 53.7 Å². The Balaban J connectivity index is 1.43. The van der Waals surface area contributed by atoms with E-state index in [9.17, 15) is 4.79 Å². The number of likely N-dealkylation sites (N-methyl/N-ethyl adjacent to an activating group) is 1. The molecule has 0 aliphatic carbocycles. The molecule has 31 heavy (non-hydrogen) atoms. The molecule has 0 saturated carbocycles. The number of amides is 1. The number of hydrogen-bond donors (Lipinski definition) is 1. The number of ether oxygens (including phenoxy) is 3. The normalized spacial score (nSPS) is 14.6. The Morgan fingerprint density at radius 3 is 2.77 bits per heavy atom. The van der Waals surface area contributed by atoms with Gasteiger partial charge < -0.3 is 19.5 Å². The smallest absolute Gasteiger partial charge is 0.253 e. The first-order chi connectivity index (χ1) is 15.0. The van der Waals surface area contributed by atoms with Crippen LogP contribution in [0.4, 0.5) is 0 Å². The van der Waals surface area contributed by atoms with Crippen LogP contribution in [-0.4, -0.2) is 61.3 Å². The van der Waals surface area contributed by atoms with Gasteiger partial charge in [0, 0.05) is 44.6 Å². The van der Waals surface area contributed by atoms with E-state index in [0.29, 0.717) is 30.6 Å². The molecule has 2 heterocycles. The first-order valence-corrected chi connectivity index (χ1v) is 10.9. The van der Waals surface area contributed by atoms with Crippen molar-refractivity contribution in [1.82, 2.24) is 15.2 Å². The molecule has 1 fully saturated rings. The number of nitrogens with zero attached hydrogens (tertiary/aromatic N) is 2. The van der Waals surface area contributed by atoms with Crippen molar-refractivity contribution in [3.63, 3.8) is 0 Å². The monoisotopic (exact) mass is 427 g/mol. The van der Waals surface area contributed by atoms with Gasteiger partial charge in [0.25, 0.3) is 5.91 Å². The van der Waals surface area contributed by atoms with E-state index in [-0.39, 0.29) is 12.0 Å². The molecule has 7 heteroatoms. The minimum Gasteiger partial charge on any atom is -0.492 e. The summed E-state index contributed by atoms with van der Waals surface area (Å²) in [5.74, 6) is 1.15. The average molecular weight is 428 g/mol. The number of rotatable bonds is 10. The number of aromatic nitrogens is 1. The summed E-state index contributed by atoms with van der Waals surface area (Å²) in [6, 6.07) is 11.8. The van der Waals surface area contributed by atoms with Gasteiger partial charge in [-0.2, -0.15) is 0 Å². The molecular weight excluding hydrogens is 394 g/mol. The fraction of sp³-hybridized carbons (Fsp3) is 0.500. The lowest BCUT2D eigenvalue weighted by molar-refractivity contribution is 0.0392. The Hall–Kier alpha value is -2.64. The minimum absolute atomic E-state index is 0.0453. The number of carbonyl (C=O) groups excluding carboxylic acids is 1. The lowest BCUT2D eigenvalue weighted by Crippen LogP contribution is -2.38. The molecule has 0 bridgehead atoms. The topological polar surface area (TPSA) is 72.9 Å². The van der Waals surface area contributed by atoms with Gasteiger partial charge in [-0.05, 0) is 57.5 Å². The molecule has 3 rings (SSSR count). The van der Waals surface area contributed by atoms with Crippen LogP contribution in [-0.2, 0) is 11.3 Å². The number of pyridine rings is 1. The highest BCUT2D eigenvalue weighted by molar-refractivity contribution is 5.93. The molecule has 7 nitrogen and oxygen atoms in total. The van der Waals surface area contributed by atoms with E-state index < -0.39 is 0 Å². The minimum atomic E-state index is -0.173. The molecule has 1 N–H and O–H groups in total. The molecule has 0 unspecified atom stereocenters. The van der Waals surface area contributed by atoms with Crippen molar-refractivity contribution in [1.29, 1.82) is 0 Å². The second-order valence-electron chi connectivity index (χ2n) is 8.05. The lowest BCUT2D eigenvalue weighted by Gasteiger charge is -2.31. The van der Waals surface area contributed by atoms with Gasteiger partial charge in [0.15, 0.2) is 0 Å². The van der Waals surface area contributed by atoms with Crippen LogP contribution in [0.15, 0.2) is 42.6 Å². The van der Waals surface area contributed by atoms with Crippen molar-refractivity contribution in [2.75, 3.05) is 33.4 Å². The Bertz CT molecular complexity index is 820. The van der Waals surface area contributed by atoms with E-state index in [1.807, 2.05) is 38.1 Å². The van der Waals surface area contributed by atoms with Crippen LogP contribution in [0.3, 0.4) is 0 Å². The summed E-state index contributed by atoms with van der Waals surface area (Å²) in [5.41, 5.74) is 1.48. The van der Waals surface area contributed by atoms with Gasteiger partial charge in [-0.3, -0.25) is 9.69 Å². The van der Waals surface area contributed by atoms with Gasteiger partial charge in [-0.15, -0.1) is 0 Å². The van der Waals surface area contributed by atoms with Crippen LogP contribution in [0.5, 0.6) is 11.6 Å². The maximum absolute atomic E-state index is 12.4. The lowest BCUT2D eigenvalue weighted by atomic mass is 10.1. The fourth-order valence-electron chi connectivity index (χ4n) is 3.47. The Morgan fingerprint density at radius 1 is 1.26 bits per heavy atom. The van der Waals surface area contributed by atoms with Gasteiger partial charge in [-0.25, -0.2) is 4.98 Å². The number of nitrogens with one attached hydrogen (secondary N) is 1. The third-order valence-corrected chi connectivity index (χ3v) is 5.23. The van der Waals surface area contributed by atoms with Crippen LogP contribution >= 0.6 is 0 Å². The van der Waals surface area contributed by atoms with E-state index in [1.54, 1.807) is 12.1 Å². The second kappa shape index (κ2) is 11.7. The van der Waals surface area contributed by atoms with Crippen LogP contribution in [0.1, 0.15) is 42.6 Å². The third kappa shape index (κ3) is 7.52. The van der Waals surface area contributed by atoms with E-state index >= 15 is 0 Å².